The van der Waals surface area contributed by atoms with Crippen molar-refractivity contribution in [1.29, 1.82) is 0 Å². The molecule has 0 saturated heterocycles. The fraction of sp³-hybridized carbons (Fsp3) is 0.862. The highest BCUT2D eigenvalue weighted by atomic mass is 16.2. The summed E-state index contributed by atoms with van der Waals surface area (Å²) in [4.78, 5) is 25.8. The van der Waals surface area contributed by atoms with E-state index in [1.807, 2.05) is 0 Å². The highest BCUT2D eigenvalue weighted by Crippen LogP contribution is 2.65. The number of amides is 2. The molecular weight excluding hydrogens is 408 g/mol. The molecule has 0 aromatic rings. The van der Waals surface area contributed by atoms with Gasteiger partial charge in [-0.25, -0.2) is 0 Å². The van der Waals surface area contributed by atoms with Gasteiger partial charge in [-0.3, -0.25) is 9.59 Å². The normalized spacial score (nSPS) is 56.0. The Morgan fingerprint density at radius 1 is 0.939 bits per heavy atom. The first-order chi connectivity index (χ1) is 15.8. The van der Waals surface area contributed by atoms with Crippen molar-refractivity contribution in [3.63, 3.8) is 0 Å². The van der Waals surface area contributed by atoms with Gasteiger partial charge in [-0.05, 0) is 124 Å². The second-order valence-electron chi connectivity index (χ2n) is 13.9. The van der Waals surface area contributed by atoms with E-state index in [0.29, 0.717) is 29.7 Å². The molecule has 2 N–H and O–H groups in total. The van der Waals surface area contributed by atoms with E-state index in [1.54, 1.807) is 6.08 Å². The molecule has 7 aliphatic carbocycles. The molecule has 7 atom stereocenters. The molecule has 0 aromatic heterocycles. The SMILES string of the molecule is C[C@]12C=CC(=O)N[C@@H]1CC[C@@H]1[C@@H]2CC[C@]2(C)[C@@H](C(=O)NC3C4CC5CC(C4)CC3C5)CC[C@@H]12. The Hall–Kier alpha value is -1.32. The molecule has 4 heteroatoms. The minimum absolute atomic E-state index is 0.0822. The van der Waals surface area contributed by atoms with Crippen molar-refractivity contribution in [2.75, 3.05) is 0 Å². The fourth-order valence-electron chi connectivity index (χ4n) is 11.2. The van der Waals surface area contributed by atoms with E-state index in [1.165, 1.54) is 57.8 Å². The molecule has 2 amide bonds. The van der Waals surface area contributed by atoms with E-state index in [-0.39, 0.29) is 28.7 Å². The van der Waals surface area contributed by atoms with Crippen LogP contribution in [0.4, 0.5) is 0 Å². The summed E-state index contributed by atoms with van der Waals surface area (Å²) >= 11 is 0. The zero-order valence-corrected chi connectivity index (χ0v) is 20.5. The predicted octanol–water partition coefficient (Wildman–Crippen LogP) is 4.84. The van der Waals surface area contributed by atoms with Gasteiger partial charge >= 0.3 is 0 Å². The quantitative estimate of drug-likeness (QED) is 0.632. The Balaban J connectivity index is 1.09. The van der Waals surface area contributed by atoms with Crippen molar-refractivity contribution in [2.24, 2.45) is 58.2 Å². The van der Waals surface area contributed by atoms with Gasteiger partial charge in [-0.15, -0.1) is 0 Å². The van der Waals surface area contributed by atoms with Crippen LogP contribution in [0.2, 0.25) is 0 Å². The van der Waals surface area contributed by atoms with E-state index in [2.05, 4.69) is 30.6 Å². The molecule has 7 saturated carbocycles. The van der Waals surface area contributed by atoms with E-state index in [0.717, 1.165) is 36.5 Å². The average Bonchev–Trinajstić information content (AvgIpc) is 3.13. The van der Waals surface area contributed by atoms with E-state index in [9.17, 15) is 9.59 Å². The fourth-order valence-corrected chi connectivity index (χ4v) is 11.2. The minimum Gasteiger partial charge on any atom is -0.353 e. The van der Waals surface area contributed by atoms with Crippen molar-refractivity contribution < 1.29 is 9.59 Å². The number of nitrogens with one attached hydrogen (secondary N) is 2. The van der Waals surface area contributed by atoms with Gasteiger partial charge in [0.25, 0.3) is 0 Å². The molecule has 4 nitrogen and oxygen atoms in total. The van der Waals surface area contributed by atoms with Crippen LogP contribution in [0.1, 0.15) is 84.5 Å². The third kappa shape index (κ3) is 2.94. The Morgan fingerprint density at radius 3 is 2.39 bits per heavy atom. The Morgan fingerprint density at radius 2 is 1.67 bits per heavy atom. The number of rotatable bonds is 2. The van der Waals surface area contributed by atoms with Gasteiger partial charge < -0.3 is 10.6 Å². The van der Waals surface area contributed by atoms with Crippen molar-refractivity contribution in [3.8, 4) is 0 Å². The first-order valence-corrected chi connectivity index (χ1v) is 14.2. The summed E-state index contributed by atoms with van der Waals surface area (Å²) in [5.41, 5.74) is 0.237. The number of fused-ring (bicyclic) bond motifs is 5. The number of hydrogen-bond acceptors (Lipinski definition) is 2. The van der Waals surface area contributed by atoms with Crippen LogP contribution in [0.25, 0.3) is 0 Å². The predicted molar refractivity (Wildman–Crippen MR) is 128 cm³/mol. The van der Waals surface area contributed by atoms with Gasteiger partial charge in [0.2, 0.25) is 11.8 Å². The smallest absolute Gasteiger partial charge is 0.243 e. The summed E-state index contributed by atoms with van der Waals surface area (Å²) in [6, 6.07) is 0.757. The highest BCUT2D eigenvalue weighted by molar-refractivity contribution is 5.89. The molecule has 0 spiro atoms. The Labute approximate surface area is 199 Å². The second kappa shape index (κ2) is 7.10. The third-order valence-corrected chi connectivity index (χ3v) is 12.5. The maximum absolute atomic E-state index is 13.8. The zero-order chi connectivity index (χ0) is 22.5. The highest BCUT2D eigenvalue weighted by Gasteiger charge is 2.61. The standard InChI is InChI=1S/C29H42N2O2/c1-28-9-7-22-20(3-6-24-29(22,2)10-8-25(32)30-24)21(28)4-5-23(28)27(33)31-26-18-12-16-11-17(14-18)15-19(26)13-16/h8,10,16-24,26H,3-7,9,11-15H2,1-2H3,(H,30,32)(H,31,33)/t16?,17?,18?,19?,20-,21-,22-,23+,24+,26?,28-,29+/m0/s1. The average molecular weight is 451 g/mol. The van der Waals surface area contributed by atoms with Crippen molar-refractivity contribution >= 4 is 11.8 Å². The van der Waals surface area contributed by atoms with Crippen LogP contribution in [0, 0.1) is 58.2 Å². The minimum atomic E-state index is 0.0822. The lowest BCUT2D eigenvalue weighted by Crippen LogP contribution is -2.60. The van der Waals surface area contributed by atoms with Crippen LogP contribution < -0.4 is 10.6 Å². The summed E-state index contributed by atoms with van der Waals surface area (Å²) in [5, 5.41) is 6.96. The first-order valence-electron chi connectivity index (χ1n) is 14.2. The molecule has 33 heavy (non-hydrogen) atoms. The molecule has 0 aromatic carbocycles. The monoisotopic (exact) mass is 450 g/mol. The van der Waals surface area contributed by atoms with Crippen LogP contribution in [-0.2, 0) is 9.59 Å². The van der Waals surface area contributed by atoms with Gasteiger partial charge in [0.15, 0.2) is 0 Å². The van der Waals surface area contributed by atoms with Crippen molar-refractivity contribution in [2.45, 2.75) is 96.6 Å². The van der Waals surface area contributed by atoms with Crippen molar-refractivity contribution in [1.82, 2.24) is 10.6 Å². The molecule has 8 rings (SSSR count). The lowest BCUT2D eigenvalue weighted by molar-refractivity contribution is -0.137. The van der Waals surface area contributed by atoms with E-state index < -0.39 is 0 Å². The lowest BCUT2D eigenvalue weighted by Gasteiger charge is -2.59. The molecule has 1 aliphatic heterocycles. The third-order valence-electron chi connectivity index (χ3n) is 12.5. The van der Waals surface area contributed by atoms with Gasteiger partial charge in [-0.2, -0.15) is 0 Å². The summed E-state index contributed by atoms with van der Waals surface area (Å²) in [7, 11) is 0. The Bertz CT molecular complexity index is 868. The summed E-state index contributed by atoms with van der Waals surface area (Å²) < 4.78 is 0. The summed E-state index contributed by atoms with van der Waals surface area (Å²) in [6.45, 7) is 4.85. The Kier molecular flexibility index (Phi) is 4.52. The molecule has 0 radical (unpaired) electrons. The van der Waals surface area contributed by atoms with Crippen LogP contribution in [0.5, 0.6) is 0 Å². The van der Waals surface area contributed by atoms with E-state index in [4.69, 9.17) is 0 Å². The topological polar surface area (TPSA) is 58.2 Å². The van der Waals surface area contributed by atoms with Crippen LogP contribution in [-0.4, -0.2) is 23.9 Å². The maximum Gasteiger partial charge on any atom is 0.243 e. The largest absolute Gasteiger partial charge is 0.353 e. The maximum atomic E-state index is 13.8. The summed E-state index contributed by atoms with van der Waals surface area (Å²) in [6.07, 6.45) is 17.9. The second-order valence-corrected chi connectivity index (χ2v) is 13.9. The zero-order valence-electron chi connectivity index (χ0n) is 20.5. The van der Waals surface area contributed by atoms with Crippen LogP contribution in [0.15, 0.2) is 12.2 Å². The molecule has 1 heterocycles. The molecule has 7 fully saturated rings. The molecule has 180 valence electrons. The first kappa shape index (κ1) is 21.0. The molecule has 8 aliphatic rings. The summed E-state index contributed by atoms with van der Waals surface area (Å²) in [5.74, 6) is 6.12. The number of carbonyl (C=O) groups is 2. The van der Waals surface area contributed by atoms with Crippen molar-refractivity contribution in [3.05, 3.63) is 12.2 Å². The van der Waals surface area contributed by atoms with E-state index >= 15 is 0 Å². The van der Waals surface area contributed by atoms with Crippen LogP contribution >= 0.6 is 0 Å². The van der Waals surface area contributed by atoms with Gasteiger partial charge in [0.05, 0.1) is 0 Å². The number of hydrogen-bond donors (Lipinski definition) is 2. The lowest BCUT2D eigenvalue weighted by atomic mass is 9.48. The molecular formula is C29H42N2O2. The number of carbonyl (C=O) groups excluding carboxylic acids is 2. The van der Waals surface area contributed by atoms with Gasteiger partial charge in [0.1, 0.15) is 0 Å². The van der Waals surface area contributed by atoms with Gasteiger partial charge in [-0.1, -0.05) is 19.9 Å². The van der Waals surface area contributed by atoms with Gasteiger partial charge in [0, 0.05) is 23.4 Å². The molecule has 4 bridgehead atoms. The molecule has 0 unspecified atom stereocenters. The van der Waals surface area contributed by atoms with Crippen LogP contribution in [0.3, 0.4) is 0 Å².